The predicted octanol–water partition coefficient (Wildman–Crippen LogP) is 3.92. The maximum absolute atomic E-state index is 13.5. The van der Waals surface area contributed by atoms with Crippen LogP contribution in [0.2, 0.25) is 0 Å². The summed E-state index contributed by atoms with van der Waals surface area (Å²) in [6.45, 7) is 3.88. The maximum atomic E-state index is 13.5. The Morgan fingerprint density at radius 3 is 1.61 bits per heavy atom. The lowest BCUT2D eigenvalue weighted by Gasteiger charge is -2.20. The minimum atomic E-state index is -2.65. The largest absolute Gasteiger partial charge is 0.309 e. The van der Waals surface area contributed by atoms with Gasteiger partial charge in [-0.3, -0.25) is 0 Å². The van der Waals surface area contributed by atoms with Crippen LogP contribution in [0.25, 0.3) is 0 Å². The molecule has 0 radical (unpaired) electrons. The second-order valence-electron chi connectivity index (χ2n) is 4.21. The zero-order chi connectivity index (χ0) is 13.0. The van der Waals surface area contributed by atoms with Crippen LogP contribution in [0.1, 0.15) is 13.8 Å². The van der Waals surface area contributed by atoms with Gasteiger partial charge in [0.05, 0.1) is 0 Å². The highest BCUT2D eigenvalue weighted by Gasteiger charge is 2.28. The van der Waals surface area contributed by atoms with Crippen LogP contribution in [-0.4, -0.2) is 0 Å². The third kappa shape index (κ3) is 2.19. The highest BCUT2D eigenvalue weighted by atomic mass is 31.2. The Balaban J connectivity index is 2.68. The molecule has 0 heterocycles. The fourth-order valence-electron chi connectivity index (χ4n) is 2.01. The Labute approximate surface area is 109 Å². The molecule has 2 heteroatoms. The van der Waals surface area contributed by atoms with Crippen molar-refractivity contribution in [3.63, 3.8) is 0 Å². The lowest BCUT2D eigenvalue weighted by atomic mass is 10.4. The van der Waals surface area contributed by atoms with E-state index in [1.165, 1.54) is 0 Å². The van der Waals surface area contributed by atoms with Crippen LogP contribution >= 0.6 is 7.14 Å². The number of hydrogen-bond donors (Lipinski definition) is 0. The molecule has 0 saturated carbocycles. The van der Waals surface area contributed by atoms with E-state index in [2.05, 4.69) is 0 Å². The average Bonchev–Trinajstić information content (AvgIpc) is 2.47. The lowest BCUT2D eigenvalue weighted by molar-refractivity contribution is 0.590. The fraction of sp³-hybridized carbons (Fsp3) is 0.125. The molecule has 0 fully saturated rings. The van der Waals surface area contributed by atoms with E-state index in [-0.39, 0.29) is 0 Å². The molecule has 0 aliphatic heterocycles. The van der Waals surface area contributed by atoms with Crippen LogP contribution < -0.4 is 10.6 Å². The second-order valence-corrected chi connectivity index (χ2v) is 7.17. The monoisotopic (exact) mass is 256 g/mol. The summed E-state index contributed by atoms with van der Waals surface area (Å²) in [5.41, 5.74) is 0. The summed E-state index contributed by atoms with van der Waals surface area (Å²) in [5, 5.41) is 2.72. The third-order valence-electron chi connectivity index (χ3n) is 3.15. The molecule has 0 bridgehead atoms. The van der Waals surface area contributed by atoms with E-state index in [0.717, 1.165) is 15.9 Å². The number of rotatable bonds is 3. The molecular weight excluding hydrogens is 239 g/mol. The quantitative estimate of drug-likeness (QED) is 0.760. The highest BCUT2D eigenvalue weighted by molar-refractivity contribution is 7.82. The summed E-state index contributed by atoms with van der Waals surface area (Å²) in [6.07, 6.45) is 1.95. The van der Waals surface area contributed by atoms with Gasteiger partial charge in [0, 0.05) is 10.6 Å². The van der Waals surface area contributed by atoms with Crippen LogP contribution in [0.4, 0.5) is 0 Å². The summed E-state index contributed by atoms with van der Waals surface area (Å²) in [5.74, 6) is 0. The molecular formula is C16H17OP. The van der Waals surface area contributed by atoms with E-state index >= 15 is 0 Å². The molecule has 0 spiro atoms. The van der Waals surface area contributed by atoms with Gasteiger partial charge >= 0.3 is 0 Å². The van der Waals surface area contributed by atoms with Gasteiger partial charge in [-0.2, -0.15) is 0 Å². The molecule has 0 aliphatic carbocycles. The third-order valence-corrected chi connectivity index (χ3v) is 6.46. The van der Waals surface area contributed by atoms with Crippen LogP contribution in [0, 0.1) is 0 Å². The van der Waals surface area contributed by atoms with Crippen molar-refractivity contribution in [2.24, 2.45) is 0 Å². The summed E-state index contributed by atoms with van der Waals surface area (Å²) in [7, 11) is -2.65. The first-order chi connectivity index (χ1) is 8.69. The van der Waals surface area contributed by atoms with Crippen molar-refractivity contribution in [1.29, 1.82) is 0 Å². The normalized spacial score (nSPS) is 12.4. The Kier molecular flexibility index (Phi) is 3.84. The van der Waals surface area contributed by atoms with E-state index in [1.54, 1.807) is 0 Å². The minimum Gasteiger partial charge on any atom is -0.309 e. The van der Waals surface area contributed by atoms with E-state index in [9.17, 15) is 4.57 Å². The topological polar surface area (TPSA) is 17.1 Å². The first-order valence-corrected chi connectivity index (χ1v) is 7.75. The van der Waals surface area contributed by atoms with Crippen molar-refractivity contribution in [1.82, 2.24) is 0 Å². The van der Waals surface area contributed by atoms with Crippen LogP contribution in [0.5, 0.6) is 0 Å². The molecule has 0 amide bonds. The SMILES string of the molecule is C/C=C(\C)P(=O)(c1ccccc1)c1ccccc1. The highest BCUT2D eigenvalue weighted by Crippen LogP contribution is 2.51. The Hall–Kier alpha value is -1.59. The van der Waals surface area contributed by atoms with Gasteiger partial charge in [-0.05, 0) is 19.2 Å². The summed E-state index contributed by atoms with van der Waals surface area (Å²) in [4.78, 5) is 0. The zero-order valence-corrected chi connectivity index (χ0v) is 11.6. The number of benzene rings is 2. The molecule has 0 aliphatic rings. The molecule has 0 N–H and O–H groups in total. The predicted molar refractivity (Wildman–Crippen MR) is 79.2 cm³/mol. The second kappa shape index (κ2) is 5.37. The average molecular weight is 256 g/mol. The molecule has 92 valence electrons. The maximum Gasteiger partial charge on any atom is 0.166 e. The van der Waals surface area contributed by atoms with E-state index in [1.807, 2.05) is 80.6 Å². The van der Waals surface area contributed by atoms with Gasteiger partial charge in [0.15, 0.2) is 7.14 Å². The van der Waals surface area contributed by atoms with E-state index in [0.29, 0.717) is 0 Å². The van der Waals surface area contributed by atoms with Crippen molar-refractivity contribution in [3.8, 4) is 0 Å². The van der Waals surface area contributed by atoms with Gasteiger partial charge in [0.1, 0.15) is 0 Å². The van der Waals surface area contributed by atoms with Crippen molar-refractivity contribution >= 4 is 17.8 Å². The number of hydrogen-bond acceptors (Lipinski definition) is 1. The van der Waals surface area contributed by atoms with Crippen molar-refractivity contribution in [2.75, 3.05) is 0 Å². The standard InChI is InChI=1S/C16H17OP/c1-3-14(2)18(17,15-10-6-4-7-11-15)16-12-8-5-9-13-16/h3-13H,1-2H3/b14-3+. The zero-order valence-electron chi connectivity index (χ0n) is 10.7. The Morgan fingerprint density at radius 2 is 1.28 bits per heavy atom. The molecule has 2 aromatic carbocycles. The van der Waals surface area contributed by atoms with Crippen LogP contribution in [-0.2, 0) is 4.57 Å². The van der Waals surface area contributed by atoms with Gasteiger partial charge in [0.25, 0.3) is 0 Å². The first kappa shape index (κ1) is 12.9. The molecule has 0 saturated heterocycles. The van der Waals surface area contributed by atoms with Gasteiger partial charge in [-0.25, -0.2) is 0 Å². The van der Waals surface area contributed by atoms with Gasteiger partial charge in [0.2, 0.25) is 0 Å². The van der Waals surface area contributed by atoms with Crippen LogP contribution in [0.15, 0.2) is 72.1 Å². The minimum absolute atomic E-state index is 0.895. The molecule has 2 aromatic rings. The van der Waals surface area contributed by atoms with E-state index in [4.69, 9.17) is 0 Å². The van der Waals surface area contributed by atoms with Crippen molar-refractivity contribution in [3.05, 3.63) is 72.1 Å². The summed E-state index contributed by atoms with van der Waals surface area (Å²) < 4.78 is 13.5. The fourth-order valence-corrected chi connectivity index (χ4v) is 4.67. The molecule has 2 rings (SSSR count). The van der Waals surface area contributed by atoms with E-state index < -0.39 is 7.14 Å². The van der Waals surface area contributed by atoms with Gasteiger partial charge in [-0.1, -0.05) is 66.7 Å². The summed E-state index contributed by atoms with van der Waals surface area (Å²) >= 11 is 0. The van der Waals surface area contributed by atoms with Gasteiger partial charge < -0.3 is 4.57 Å². The molecule has 0 atom stereocenters. The summed E-state index contributed by atoms with van der Waals surface area (Å²) in [6, 6.07) is 19.4. The van der Waals surface area contributed by atoms with Crippen molar-refractivity contribution in [2.45, 2.75) is 13.8 Å². The first-order valence-electron chi connectivity index (χ1n) is 6.04. The molecule has 18 heavy (non-hydrogen) atoms. The molecule has 1 nitrogen and oxygen atoms in total. The van der Waals surface area contributed by atoms with Gasteiger partial charge in [-0.15, -0.1) is 0 Å². The molecule has 0 unspecified atom stereocenters. The lowest BCUT2D eigenvalue weighted by Crippen LogP contribution is -2.16. The Morgan fingerprint density at radius 1 is 0.889 bits per heavy atom. The van der Waals surface area contributed by atoms with Crippen molar-refractivity contribution < 1.29 is 4.57 Å². The Bertz CT molecular complexity index is 542. The van der Waals surface area contributed by atoms with Crippen LogP contribution in [0.3, 0.4) is 0 Å². The number of allylic oxidation sites excluding steroid dienone is 2. The smallest absolute Gasteiger partial charge is 0.166 e. The molecule has 0 aromatic heterocycles.